The lowest BCUT2D eigenvalue weighted by Crippen LogP contribution is -1.97. The maximum absolute atomic E-state index is 2.31. The van der Waals surface area contributed by atoms with E-state index in [4.69, 9.17) is 0 Å². The largest absolute Gasteiger partial charge is 0.0654 e. The van der Waals surface area contributed by atoms with E-state index in [0.717, 1.165) is 0 Å². The standard InChI is InChI=1S/C15H31/c1-4-7-9-10-11-14-15(12-6-3)13-8-5-2/h4-14H2,1-3H3. The van der Waals surface area contributed by atoms with Crippen LogP contribution in [0.4, 0.5) is 0 Å². The van der Waals surface area contributed by atoms with Crippen LogP contribution in [0, 0.1) is 5.92 Å². The number of unbranched alkanes of at least 4 members (excludes halogenated alkanes) is 5. The fourth-order valence-corrected chi connectivity index (χ4v) is 2.13. The van der Waals surface area contributed by atoms with Gasteiger partial charge in [-0.15, -0.1) is 0 Å². The third kappa shape index (κ3) is 10.3. The van der Waals surface area contributed by atoms with Gasteiger partial charge >= 0.3 is 0 Å². The van der Waals surface area contributed by atoms with Gasteiger partial charge in [-0.1, -0.05) is 72.1 Å². The van der Waals surface area contributed by atoms with Gasteiger partial charge < -0.3 is 0 Å². The minimum absolute atomic E-state index is 1.34. The van der Waals surface area contributed by atoms with Crippen molar-refractivity contribution in [2.75, 3.05) is 0 Å². The second-order valence-electron chi connectivity index (χ2n) is 4.77. The third-order valence-electron chi connectivity index (χ3n) is 3.12. The Morgan fingerprint density at radius 3 is 1.73 bits per heavy atom. The van der Waals surface area contributed by atoms with Crippen LogP contribution in [-0.2, 0) is 0 Å². The van der Waals surface area contributed by atoms with Gasteiger partial charge in [-0.05, 0) is 25.2 Å². The molecule has 0 heteroatoms. The van der Waals surface area contributed by atoms with Crippen LogP contribution in [0.15, 0.2) is 0 Å². The van der Waals surface area contributed by atoms with Crippen molar-refractivity contribution in [1.29, 1.82) is 0 Å². The summed E-state index contributed by atoms with van der Waals surface area (Å²) in [6, 6.07) is 0. The van der Waals surface area contributed by atoms with Gasteiger partial charge in [-0.3, -0.25) is 0 Å². The molecule has 0 aliphatic carbocycles. The highest BCUT2D eigenvalue weighted by atomic mass is 14.1. The van der Waals surface area contributed by atoms with Crippen LogP contribution in [0.2, 0.25) is 0 Å². The molecule has 0 aromatic carbocycles. The molecule has 0 nitrogen and oxygen atoms in total. The van der Waals surface area contributed by atoms with Crippen LogP contribution in [0.3, 0.4) is 0 Å². The molecule has 15 heavy (non-hydrogen) atoms. The van der Waals surface area contributed by atoms with Crippen LogP contribution in [0.5, 0.6) is 0 Å². The molecule has 0 unspecified atom stereocenters. The van der Waals surface area contributed by atoms with E-state index in [1.54, 1.807) is 0 Å². The van der Waals surface area contributed by atoms with Gasteiger partial charge in [0.25, 0.3) is 0 Å². The quantitative estimate of drug-likeness (QED) is 0.373. The van der Waals surface area contributed by atoms with Crippen molar-refractivity contribution in [3.05, 3.63) is 5.92 Å². The van der Waals surface area contributed by atoms with E-state index < -0.39 is 0 Å². The van der Waals surface area contributed by atoms with Crippen LogP contribution < -0.4 is 0 Å². The van der Waals surface area contributed by atoms with Crippen molar-refractivity contribution in [3.63, 3.8) is 0 Å². The summed E-state index contributed by atoms with van der Waals surface area (Å²) in [7, 11) is 0. The molecule has 0 aromatic heterocycles. The molecular formula is C15H31. The highest BCUT2D eigenvalue weighted by Gasteiger charge is 2.06. The molecule has 0 spiro atoms. The van der Waals surface area contributed by atoms with Gasteiger partial charge in [0.1, 0.15) is 0 Å². The summed E-state index contributed by atoms with van der Waals surface area (Å²) in [4.78, 5) is 0. The zero-order valence-electron chi connectivity index (χ0n) is 11.3. The predicted molar refractivity (Wildman–Crippen MR) is 71.1 cm³/mol. The molecule has 0 rings (SSSR count). The van der Waals surface area contributed by atoms with E-state index in [9.17, 15) is 0 Å². The highest BCUT2D eigenvalue weighted by molar-refractivity contribution is 4.88. The topological polar surface area (TPSA) is 0 Å². The van der Waals surface area contributed by atoms with Crippen molar-refractivity contribution in [1.82, 2.24) is 0 Å². The maximum atomic E-state index is 2.31. The Kier molecular flexibility index (Phi) is 12.1. The number of rotatable bonds is 11. The van der Waals surface area contributed by atoms with Crippen molar-refractivity contribution < 1.29 is 0 Å². The molecule has 0 aromatic rings. The molecule has 0 saturated carbocycles. The molecule has 1 radical (unpaired) electrons. The summed E-state index contributed by atoms with van der Waals surface area (Å²) in [6.45, 7) is 6.89. The lowest BCUT2D eigenvalue weighted by molar-refractivity contribution is 0.554. The normalized spacial score (nSPS) is 11.2. The molecule has 0 heterocycles. The summed E-state index contributed by atoms with van der Waals surface area (Å²) in [5.74, 6) is 1.84. The van der Waals surface area contributed by atoms with Crippen LogP contribution >= 0.6 is 0 Å². The lowest BCUT2D eigenvalue weighted by atomic mass is 9.91. The van der Waals surface area contributed by atoms with Crippen LogP contribution in [0.25, 0.3) is 0 Å². The van der Waals surface area contributed by atoms with E-state index in [2.05, 4.69) is 20.8 Å². The zero-order chi connectivity index (χ0) is 11.4. The average molecular weight is 211 g/mol. The van der Waals surface area contributed by atoms with Crippen LogP contribution in [0.1, 0.15) is 91.4 Å². The Morgan fingerprint density at radius 1 is 0.533 bits per heavy atom. The Hall–Kier alpha value is 0. The van der Waals surface area contributed by atoms with Crippen LogP contribution in [-0.4, -0.2) is 0 Å². The molecule has 0 N–H and O–H groups in total. The predicted octanol–water partition coefficient (Wildman–Crippen LogP) is 5.91. The van der Waals surface area contributed by atoms with Crippen molar-refractivity contribution in [2.45, 2.75) is 91.4 Å². The summed E-state index contributed by atoms with van der Waals surface area (Å²) < 4.78 is 0. The molecule has 0 bridgehead atoms. The van der Waals surface area contributed by atoms with E-state index in [1.165, 1.54) is 70.6 Å². The van der Waals surface area contributed by atoms with E-state index >= 15 is 0 Å². The first-order valence-electron chi connectivity index (χ1n) is 7.18. The molecule has 0 aliphatic heterocycles. The molecule has 0 amide bonds. The van der Waals surface area contributed by atoms with Gasteiger partial charge in [0, 0.05) is 0 Å². The lowest BCUT2D eigenvalue weighted by Gasteiger charge is -2.14. The van der Waals surface area contributed by atoms with E-state index in [1.807, 2.05) is 5.92 Å². The van der Waals surface area contributed by atoms with Gasteiger partial charge in [0.2, 0.25) is 0 Å². The average Bonchev–Trinajstić information content (AvgIpc) is 2.25. The van der Waals surface area contributed by atoms with Crippen molar-refractivity contribution in [2.24, 2.45) is 0 Å². The monoisotopic (exact) mass is 211 g/mol. The first kappa shape index (κ1) is 15.0. The molecule has 0 atom stereocenters. The maximum Gasteiger partial charge on any atom is -0.0241 e. The van der Waals surface area contributed by atoms with Crippen molar-refractivity contribution >= 4 is 0 Å². The summed E-state index contributed by atoms with van der Waals surface area (Å²) in [6.07, 6.45) is 15.4. The minimum atomic E-state index is 1.34. The SMILES string of the molecule is CCCCCCC[C](CCC)CCCC. The zero-order valence-corrected chi connectivity index (χ0v) is 11.3. The Bertz CT molecular complexity index is 107. The molecule has 0 fully saturated rings. The fourth-order valence-electron chi connectivity index (χ4n) is 2.13. The third-order valence-corrected chi connectivity index (χ3v) is 3.12. The first-order valence-corrected chi connectivity index (χ1v) is 7.18. The number of hydrogen-bond acceptors (Lipinski definition) is 0. The fraction of sp³-hybridized carbons (Fsp3) is 0.933. The molecular weight excluding hydrogens is 180 g/mol. The first-order chi connectivity index (χ1) is 7.35. The van der Waals surface area contributed by atoms with Gasteiger partial charge in [-0.2, -0.15) is 0 Å². The minimum Gasteiger partial charge on any atom is -0.0654 e. The highest BCUT2D eigenvalue weighted by Crippen LogP contribution is 2.23. The summed E-state index contributed by atoms with van der Waals surface area (Å²) in [5.41, 5.74) is 0. The summed E-state index contributed by atoms with van der Waals surface area (Å²) in [5, 5.41) is 0. The number of hydrogen-bond donors (Lipinski definition) is 0. The van der Waals surface area contributed by atoms with Gasteiger partial charge in [-0.25, -0.2) is 0 Å². The van der Waals surface area contributed by atoms with Crippen molar-refractivity contribution in [3.8, 4) is 0 Å². The van der Waals surface area contributed by atoms with E-state index in [0.29, 0.717) is 0 Å². The molecule has 0 aliphatic rings. The van der Waals surface area contributed by atoms with Gasteiger partial charge in [0.15, 0.2) is 0 Å². The Morgan fingerprint density at radius 2 is 1.13 bits per heavy atom. The smallest absolute Gasteiger partial charge is 0.0241 e. The van der Waals surface area contributed by atoms with E-state index in [-0.39, 0.29) is 0 Å². The second kappa shape index (κ2) is 12.1. The summed E-state index contributed by atoms with van der Waals surface area (Å²) >= 11 is 0. The molecule has 91 valence electrons. The van der Waals surface area contributed by atoms with Gasteiger partial charge in [0.05, 0.1) is 0 Å². The Balaban J connectivity index is 3.38. The Labute approximate surface area is 97.8 Å². The molecule has 0 saturated heterocycles. The second-order valence-corrected chi connectivity index (χ2v) is 4.77.